The molecule has 0 aromatic heterocycles. The molecule has 0 aliphatic heterocycles. The van der Waals surface area contributed by atoms with Crippen molar-refractivity contribution in [2.75, 3.05) is 13.1 Å². The van der Waals surface area contributed by atoms with E-state index in [1.807, 2.05) is 12.1 Å². The van der Waals surface area contributed by atoms with Crippen LogP contribution in [0.1, 0.15) is 51.5 Å². The molecule has 0 heterocycles. The molecule has 2 heteroatoms. The zero-order chi connectivity index (χ0) is 13.4. The van der Waals surface area contributed by atoms with Gasteiger partial charge in [0.25, 0.3) is 0 Å². The Bertz CT molecular complexity index is 336. The number of rotatable bonds is 8. The van der Waals surface area contributed by atoms with Crippen LogP contribution in [0, 0.1) is 11.7 Å². The quantitative estimate of drug-likeness (QED) is 0.724. The summed E-state index contributed by atoms with van der Waals surface area (Å²) in [7, 11) is 0. The van der Waals surface area contributed by atoms with Crippen molar-refractivity contribution in [3.8, 4) is 0 Å². The first-order chi connectivity index (χ1) is 8.65. The van der Waals surface area contributed by atoms with Gasteiger partial charge >= 0.3 is 0 Å². The van der Waals surface area contributed by atoms with E-state index in [2.05, 4.69) is 26.1 Å². The lowest BCUT2D eigenvalue weighted by Gasteiger charge is -2.19. The van der Waals surface area contributed by atoms with Crippen molar-refractivity contribution in [2.24, 2.45) is 5.92 Å². The third kappa shape index (κ3) is 5.18. The van der Waals surface area contributed by atoms with Gasteiger partial charge in [0, 0.05) is 6.54 Å². The minimum absolute atomic E-state index is 0.0649. The van der Waals surface area contributed by atoms with E-state index in [9.17, 15) is 4.39 Å². The predicted octanol–water partition coefficient (Wildman–Crippen LogP) is 4.35. The van der Waals surface area contributed by atoms with Crippen LogP contribution in [0.2, 0.25) is 0 Å². The SMILES string of the molecule is CCNCC(CCCC(C)C)c1ccccc1F. The van der Waals surface area contributed by atoms with Crippen LogP contribution in [-0.2, 0) is 0 Å². The number of likely N-dealkylation sites (N-methyl/N-ethyl adjacent to an activating group) is 1. The van der Waals surface area contributed by atoms with E-state index in [4.69, 9.17) is 0 Å². The van der Waals surface area contributed by atoms with Crippen molar-refractivity contribution in [3.05, 3.63) is 35.6 Å². The number of halogens is 1. The van der Waals surface area contributed by atoms with Gasteiger partial charge in [0.05, 0.1) is 0 Å². The summed E-state index contributed by atoms with van der Waals surface area (Å²) in [5, 5.41) is 3.35. The first-order valence-corrected chi connectivity index (χ1v) is 7.10. The Kier molecular flexibility index (Phi) is 6.96. The maximum Gasteiger partial charge on any atom is 0.126 e. The molecule has 1 atom stereocenters. The second kappa shape index (κ2) is 8.25. The van der Waals surface area contributed by atoms with Gasteiger partial charge in [-0.1, -0.05) is 51.8 Å². The number of hydrogen-bond acceptors (Lipinski definition) is 1. The normalized spacial score (nSPS) is 12.9. The van der Waals surface area contributed by atoms with Gasteiger partial charge in [0.15, 0.2) is 0 Å². The van der Waals surface area contributed by atoms with Gasteiger partial charge in [-0.25, -0.2) is 4.39 Å². The zero-order valence-corrected chi connectivity index (χ0v) is 11.9. The lowest BCUT2D eigenvalue weighted by molar-refractivity contribution is 0.470. The highest BCUT2D eigenvalue weighted by Gasteiger charge is 2.14. The van der Waals surface area contributed by atoms with Gasteiger partial charge < -0.3 is 5.32 Å². The smallest absolute Gasteiger partial charge is 0.126 e. The Balaban J connectivity index is 2.62. The topological polar surface area (TPSA) is 12.0 Å². The fourth-order valence-corrected chi connectivity index (χ4v) is 2.26. The van der Waals surface area contributed by atoms with Crippen molar-refractivity contribution in [2.45, 2.75) is 46.0 Å². The molecule has 1 aromatic carbocycles. The van der Waals surface area contributed by atoms with E-state index in [1.165, 1.54) is 12.8 Å². The van der Waals surface area contributed by atoms with Crippen molar-refractivity contribution < 1.29 is 4.39 Å². The Morgan fingerprint density at radius 3 is 2.50 bits per heavy atom. The van der Waals surface area contributed by atoms with Crippen LogP contribution in [0.25, 0.3) is 0 Å². The van der Waals surface area contributed by atoms with E-state index in [-0.39, 0.29) is 5.82 Å². The van der Waals surface area contributed by atoms with Crippen LogP contribution < -0.4 is 5.32 Å². The standard InChI is InChI=1S/C16H26FN/c1-4-18-12-14(9-7-8-13(2)3)15-10-5-6-11-16(15)17/h5-6,10-11,13-14,18H,4,7-9,12H2,1-3H3. The van der Waals surface area contributed by atoms with Crippen LogP contribution in [0.15, 0.2) is 24.3 Å². The van der Waals surface area contributed by atoms with Gasteiger partial charge in [-0.3, -0.25) is 0 Å². The highest BCUT2D eigenvalue weighted by molar-refractivity contribution is 5.22. The molecular formula is C16H26FN. The molecule has 1 unspecified atom stereocenters. The molecule has 0 bridgehead atoms. The molecule has 1 aromatic rings. The minimum atomic E-state index is -0.0649. The summed E-state index contributed by atoms with van der Waals surface area (Å²) < 4.78 is 13.8. The number of nitrogens with one attached hydrogen (secondary N) is 1. The zero-order valence-electron chi connectivity index (χ0n) is 11.9. The Morgan fingerprint density at radius 1 is 1.17 bits per heavy atom. The van der Waals surface area contributed by atoms with E-state index < -0.39 is 0 Å². The lowest BCUT2D eigenvalue weighted by Crippen LogP contribution is -2.22. The average Bonchev–Trinajstić information content (AvgIpc) is 2.34. The van der Waals surface area contributed by atoms with Gasteiger partial charge in [-0.15, -0.1) is 0 Å². The highest BCUT2D eigenvalue weighted by atomic mass is 19.1. The largest absolute Gasteiger partial charge is 0.316 e. The Morgan fingerprint density at radius 2 is 1.89 bits per heavy atom. The molecule has 1 N–H and O–H groups in total. The summed E-state index contributed by atoms with van der Waals surface area (Å²) in [6, 6.07) is 7.18. The molecule has 102 valence electrons. The molecule has 0 fully saturated rings. The molecule has 0 spiro atoms. The molecule has 1 nitrogen and oxygen atoms in total. The van der Waals surface area contributed by atoms with Crippen LogP contribution in [0.4, 0.5) is 4.39 Å². The summed E-state index contributed by atoms with van der Waals surface area (Å²) >= 11 is 0. The molecule has 0 amide bonds. The van der Waals surface area contributed by atoms with Crippen LogP contribution in [0.5, 0.6) is 0 Å². The Labute approximate surface area is 111 Å². The Hall–Kier alpha value is -0.890. The van der Waals surface area contributed by atoms with Gasteiger partial charge in [0.2, 0.25) is 0 Å². The second-order valence-corrected chi connectivity index (χ2v) is 5.35. The monoisotopic (exact) mass is 251 g/mol. The molecule has 0 saturated heterocycles. The average molecular weight is 251 g/mol. The van der Waals surface area contributed by atoms with Gasteiger partial charge in [-0.05, 0) is 36.4 Å². The summed E-state index contributed by atoms with van der Waals surface area (Å²) in [4.78, 5) is 0. The van der Waals surface area contributed by atoms with Crippen molar-refractivity contribution in [1.82, 2.24) is 5.32 Å². The summed E-state index contributed by atoms with van der Waals surface area (Å²) in [6.45, 7) is 8.38. The minimum Gasteiger partial charge on any atom is -0.316 e. The fourth-order valence-electron chi connectivity index (χ4n) is 2.26. The third-order valence-corrected chi connectivity index (χ3v) is 3.32. The maximum absolute atomic E-state index is 13.8. The second-order valence-electron chi connectivity index (χ2n) is 5.35. The molecule has 0 radical (unpaired) electrons. The molecule has 0 aliphatic carbocycles. The van der Waals surface area contributed by atoms with Crippen LogP contribution in [-0.4, -0.2) is 13.1 Å². The van der Waals surface area contributed by atoms with Gasteiger partial charge in [-0.2, -0.15) is 0 Å². The fraction of sp³-hybridized carbons (Fsp3) is 0.625. The molecule has 0 saturated carbocycles. The first-order valence-electron chi connectivity index (χ1n) is 7.10. The lowest BCUT2D eigenvalue weighted by atomic mass is 9.91. The van der Waals surface area contributed by atoms with E-state index in [0.29, 0.717) is 5.92 Å². The van der Waals surface area contributed by atoms with Crippen molar-refractivity contribution >= 4 is 0 Å². The van der Waals surface area contributed by atoms with Gasteiger partial charge in [0.1, 0.15) is 5.82 Å². The predicted molar refractivity (Wildman–Crippen MR) is 76.4 cm³/mol. The number of benzene rings is 1. The van der Waals surface area contributed by atoms with E-state index in [1.54, 1.807) is 12.1 Å². The maximum atomic E-state index is 13.8. The summed E-state index contributed by atoms with van der Waals surface area (Å²) in [6.07, 6.45) is 3.45. The number of hydrogen-bond donors (Lipinski definition) is 1. The van der Waals surface area contributed by atoms with Crippen molar-refractivity contribution in [3.63, 3.8) is 0 Å². The molecule has 18 heavy (non-hydrogen) atoms. The molecule has 0 aliphatic rings. The van der Waals surface area contributed by atoms with Crippen LogP contribution >= 0.6 is 0 Å². The summed E-state index contributed by atoms with van der Waals surface area (Å²) in [5.74, 6) is 0.959. The van der Waals surface area contributed by atoms with Crippen LogP contribution in [0.3, 0.4) is 0 Å². The highest BCUT2D eigenvalue weighted by Crippen LogP contribution is 2.25. The van der Waals surface area contributed by atoms with E-state index >= 15 is 0 Å². The third-order valence-electron chi connectivity index (χ3n) is 3.32. The molecule has 1 rings (SSSR count). The first kappa shape index (κ1) is 15.2. The molecular weight excluding hydrogens is 225 g/mol. The van der Waals surface area contributed by atoms with Crippen molar-refractivity contribution in [1.29, 1.82) is 0 Å². The van der Waals surface area contributed by atoms with E-state index in [0.717, 1.165) is 31.0 Å². The summed E-state index contributed by atoms with van der Waals surface area (Å²) in [5.41, 5.74) is 0.863.